The number of nitrogen functional groups attached to an aromatic ring is 1. The zero-order valence-corrected chi connectivity index (χ0v) is 13.9. The van der Waals surface area contributed by atoms with Gasteiger partial charge < -0.3 is 15.2 Å². The van der Waals surface area contributed by atoms with Crippen LogP contribution >= 0.6 is 0 Å². The summed E-state index contributed by atoms with van der Waals surface area (Å²) >= 11 is 0. The predicted molar refractivity (Wildman–Crippen MR) is 91.5 cm³/mol. The number of nitrogens with two attached hydrogens (primary N) is 1. The number of rotatable bonds is 6. The second-order valence-corrected chi connectivity index (χ2v) is 5.81. The van der Waals surface area contributed by atoms with Crippen LogP contribution in [0.3, 0.4) is 0 Å². The van der Waals surface area contributed by atoms with E-state index in [-0.39, 0.29) is 28.9 Å². The molecule has 1 aromatic carbocycles. The lowest BCUT2D eigenvalue weighted by Crippen LogP contribution is -2.36. The van der Waals surface area contributed by atoms with Gasteiger partial charge in [0.15, 0.2) is 18.1 Å². The van der Waals surface area contributed by atoms with E-state index >= 15 is 0 Å². The molecule has 1 heterocycles. The van der Waals surface area contributed by atoms with Crippen molar-refractivity contribution in [2.75, 3.05) is 19.5 Å². The molecule has 0 bridgehead atoms. The van der Waals surface area contributed by atoms with Gasteiger partial charge in [0.25, 0.3) is 5.56 Å². The van der Waals surface area contributed by atoms with Crippen LogP contribution in [0, 0.1) is 11.3 Å². The molecule has 0 aliphatic heterocycles. The third-order valence-corrected chi connectivity index (χ3v) is 4.02. The van der Waals surface area contributed by atoms with Crippen molar-refractivity contribution in [3.8, 4) is 17.6 Å². The summed E-state index contributed by atoms with van der Waals surface area (Å²) in [7, 11) is 1.40. The van der Waals surface area contributed by atoms with E-state index in [1.54, 1.807) is 0 Å². The average Bonchev–Trinajstić information content (AvgIpc) is 3.44. The van der Waals surface area contributed by atoms with Crippen LogP contribution in [-0.4, -0.2) is 29.1 Å². The Bertz CT molecular complexity index is 1030. The molecule has 1 aromatic heterocycles. The first-order valence-electron chi connectivity index (χ1n) is 7.84. The molecule has 0 radical (unpaired) electrons. The van der Waals surface area contributed by atoms with Gasteiger partial charge in [-0.05, 0) is 25.0 Å². The first-order chi connectivity index (χ1) is 12.5. The van der Waals surface area contributed by atoms with Gasteiger partial charge in [-0.1, -0.05) is 0 Å². The largest absolute Gasteiger partial charge is 0.493 e. The summed E-state index contributed by atoms with van der Waals surface area (Å²) in [4.78, 5) is 38.5. The minimum atomic E-state index is -0.843. The number of H-pyrrole nitrogens is 1. The van der Waals surface area contributed by atoms with Crippen LogP contribution in [0.15, 0.2) is 27.8 Å². The van der Waals surface area contributed by atoms with Crippen molar-refractivity contribution in [2.24, 2.45) is 0 Å². The number of carbonyl (C=O) groups excluding carboxylic acids is 1. The highest BCUT2D eigenvalue weighted by molar-refractivity contribution is 6.00. The summed E-state index contributed by atoms with van der Waals surface area (Å²) in [6, 6.07) is 6.34. The summed E-state index contributed by atoms with van der Waals surface area (Å²) in [5.41, 5.74) is 4.50. The fourth-order valence-corrected chi connectivity index (χ4v) is 2.60. The molecule has 1 aliphatic rings. The van der Waals surface area contributed by atoms with Crippen molar-refractivity contribution in [2.45, 2.75) is 18.9 Å². The third-order valence-electron chi connectivity index (χ3n) is 4.02. The van der Waals surface area contributed by atoms with Crippen LogP contribution in [0.4, 0.5) is 5.82 Å². The molecule has 0 saturated heterocycles. The fourth-order valence-electron chi connectivity index (χ4n) is 2.60. The predicted octanol–water partition coefficient (Wildman–Crippen LogP) is 0.596. The summed E-state index contributed by atoms with van der Waals surface area (Å²) in [5.74, 6) is -0.293. The smallest absolute Gasteiger partial charge is 0.330 e. The molecule has 9 nitrogen and oxygen atoms in total. The van der Waals surface area contributed by atoms with Crippen LogP contribution in [0.5, 0.6) is 11.5 Å². The number of hydrogen-bond acceptors (Lipinski definition) is 7. The van der Waals surface area contributed by atoms with Gasteiger partial charge in [-0.25, -0.2) is 4.79 Å². The van der Waals surface area contributed by atoms with Crippen molar-refractivity contribution in [3.05, 3.63) is 50.2 Å². The Morgan fingerprint density at radius 3 is 2.73 bits per heavy atom. The maximum atomic E-state index is 12.5. The Labute approximate surface area is 147 Å². The number of nitrogens with one attached hydrogen (secondary N) is 1. The Morgan fingerprint density at radius 1 is 1.38 bits per heavy atom. The maximum absolute atomic E-state index is 12.5. The number of ether oxygens (including phenoxy) is 2. The number of aromatic amines is 1. The van der Waals surface area contributed by atoms with E-state index < -0.39 is 23.6 Å². The van der Waals surface area contributed by atoms with Crippen molar-refractivity contribution in [1.29, 1.82) is 5.26 Å². The van der Waals surface area contributed by atoms with Crippen molar-refractivity contribution in [1.82, 2.24) is 9.55 Å². The summed E-state index contributed by atoms with van der Waals surface area (Å²) in [5, 5.41) is 8.89. The highest BCUT2D eigenvalue weighted by Gasteiger charge is 2.30. The number of hydrogen-bond donors (Lipinski definition) is 2. The molecule has 134 valence electrons. The molecule has 1 aliphatic carbocycles. The number of benzene rings is 1. The zero-order chi connectivity index (χ0) is 18.8. The molecule has 0 spiro atoms. The number of nitriles is 1. The molecular weight excluding hydrogens is 340 g/mol. The molecule has 2 aromatic rings. The highest BCUT2D eigenvalue weighted by Crippen LogP contribution is 2.35. The minimum absolute atomic E-state index is 0.0922. The summed E-state index contributed by atoms with van der Waals surface area (Å²) in [6.45, 7) is -0.474. The quantitative estimate of drug-likeness (QED) is 0.722. The van der Waals surface area contributed by atoms with Crippen molar-refractivity contribution >= 4 is 11.6 Å². The Kier molecular flexibility index (Phi) is 4.49. The molecule has 1 fully saturated rings. The molecule has 26 heavy (non-hydrogen) atoms. The number of methoxy groups -OCH3 is 1. The normalized spacial score (nSPS) is 13.1. The zero-order valence-electron chi connectivity index (χ0n) is 13.9. The van der Waals surface area contributed by atoms with Crippen LogP contribution in [0.25, 0.3) is 0 Å². The first kappa shape index (κ1) is 17.3. The molecule has 9 heteroatoms. The average molecular weight is 356 g/mol. The van der Waals surface area contributed by atoms with Gasteiger partial charge in [0.1, 0.15) is 11.4 Å². The minimum Gasteiger partial charge on any atom is -0.493 e. The van der Waals surface area contributed by atoms with Gasteiger partial charge in [-0.2, -0.15) is 5.26 Å². The van der Waals surface area contributed by atoms with Gasteiger partial charge in [0.2, 0.25) is 5.78 Å². The number of Topliss-reactive ketones (excluding diaryl/α,β-unsaturated/α-hetero) is 1. The molecule has 0 unspecified atom stereocenters. The van der Waals surface area contributed by atoms with Gasteiger partial charge in [-0.15, -0.1) is 0 Å². The van der Waals surface area contributed by atoms with E-state index in [0.29, 0.717) is 5.56 Å². The van der Waals surface area contributed by atoms with Crippen LogP contribution in [0.1, 0.15) is 34.8 Å². The van der Waals surface area contributed by atoms with E-state index in [0.717, 1.165) is 12.8 Å². The lowest BCUT2D eigenvalue weighted by molar-refractivity contribution is 0.0918. The van der Waals surface area contributed by atoms with Crippen LogP contribution in [-0.2, 0) is 0 Å². The van der Waals surface area contributed by atoms with Crippen LogP contribution in [0.2, 0.25) is 0 Å². The van der Waals surface area contributed by atoms with Crippen molar-refractivity contribution in [3.63, 3.8) is 0 Å². The molecule has 3 N–H and O–H groups in total. The number of nitrogens with zero attached hydrogens (tertiary/aromatic N) is 2. The number of carbonyl (C=O) groups is 1. The van der Waals surface area contributed by atoms with Gasteiger partial charge in [0, 0.05) is 12.1 Å². The van der Waals surface area contributed by atoms with Gasteiger partial charge >= 0.3 is 5.69 Å². The maximum Gasteiger partial charge on any atom is 0.330 e. The topological polar surface area (TPSA) is 140 Å². The number of anilines is 1. The lowest BCUT2D eigenvalue weighted by Gasteiger charge is -2.13. The Morgan fingerprint density at radius 2 is 2.12 bits per heavy atom. The van der Waals surface area contributed by atoms with E-state index in [1.807, 2.05) is 6.07 Å². The number of ketones is 1. The fraction of sp³-hybridized carbons (Fsp3) is 0.294. The third kappa shape index (κ3) is 3.17. The monoisotopic (exact) mass is 356 g/mol. The highest BCUT2D eigenvalue weighted by atomic mass is 16.5. The Hall–Kier alpha value is -3.54. The summed E-state index contributed by atoms with van der Waals surface area (Å²) < 4.78 is 11.8. The van der Waals surface area contributed by atoms with Crippen LogP contribution < -0.4 is 26.5 Å². The summed E-state index contributed by atoms with van der Waals surface area (Å²) in [6.07, 6.45) is 1.53. The SMILES string of the molecule is COc1cc(C#N)ccc1OCC(=O)c1c(N)n(C2CC2)c(=O)[nH]c1=O. The van der Waals surface area contributed by atoms with E-state index in [2.05, 4.69) is 4.98 Å². The second-order valence-electron chi connectivity index (χ2n) is 5.81. The molecule has 3 rings (SSSR count). The standard InChI is InChI=1S/C17H16N4O5/c1-25-13-6-9(7-18)2-5-12(13)26-8-11(22)14-15(19)21(10-3-4-10)17(24)20-16(14)23/h2,5-6,10H,3-4,8,19H2,1H3,(H,20,23,24). The molecule has 0 atom stereocenters. The molecule has 0 amide bonds. The Balaban J connectivity index is 1.86. The number of aromatic nitrogens is 2. The van der Waals surface area contributed by atoms with E-state index in [4.69, 9.17) is 20.5 Å². The van der Waals surface area contributed by atoms with Gasteiger partial charge in [0.05, 0.1) is 18.7 Å². The van der Waals surface area contributed by atoms with Crippen molar-refractivity contribution < 1.29 is 14.3 Å². The van der Waals surface area contributed by atoms with E-state index in [9.17, 15) is 14.4 Å². The van der Waals surface area contributed by atoms with E-state index in [1.165, 1.54) is 29.9 Å². The second kappa shape index (κ2) is 6.76. The first-order valence-corrected chi connectivity index (χ1v) is 7.84. The van der Waals surface area contributed by atoms with Gasteiger partial charge in [-0.3, -0.25) is 19.1 Å². The lowest BCUT2D eigenvalue weighted by atomic mass is 10.2. The molecular formula is C17H16N4O5. The molecule has 1 saturated carbocycles.